The van der Waals surface area contributed by atoms with Crippen LogP contribution in [0.25, 0.3) is 0 Å². The van der Waals surface area contributed by atoms with Crippen LogP contribution >= 0.6 is 0 Å². The molecule has 0 fully saturated rings. The number of nitrogens with two attached hydrogens (primary N) is 1. The van der Waals surface area contributed by atoms with Crippen molar-refractivity contribution in [2.75, 3.05) is 12.3 Å². The van der Waals surface area contributed by atoms with E-state index >= 15 is 0 Å². The van der Waals surface area contributed by atoms with E-state index in [4.69, 9.17) is 10.5 Å². The highest BCUT2D eigenvalue weighted by Gasteiger charge is 2.12. The minimum Gasteiger partial charge on any atom is -0.494 e. The van der Waals surface area contributed by atoms with E-state index in [0.29, 0.717) is 18.8 Å². The Bertz CT molecular complexity index is 614. The number of aromatic nitrogens is 2. The number of para-hydroxylation sites is 1. The van der Waals surface area contributed by atoms with E-state index in [1.807, 2.05) is 48.9 Å². The molecule has 0 aliphatic heterocycles. The number of hydrogen-bond donors (Lipinski definition) is 1. The Morgan fingerprint density at radius 3 is 2.55 bits per heavy atom. The molecule has 20 heavy (non-hydrogen) atoms. The Balaban J connectivity index is 1.95. The highest BCUT2D eigenvalue weighted by molar-refractivity contribution is 5.40. The molecule has 5 heteroatoms. The van der Waals surface area contributed by atoms with Gasteiger partial charge in [0.25, 0.3) is 5.56 Å². The van der Waals surface area contributed by atoms with Gasteiger partial charge < -0.3 is 10.5 Å². The Hall–Kier alpha value is -2.17. The van der Waals surface area contributed by atoms with Crippen molar-refractivity contribution < 1.29 is 4.74 Å². The van der Waals surface area contributed by atoms with Crippen molar-refractivity contribution in [3.8, 4) is 5.75 Å². The number of hydrogen-bond acceptors (Lipinski definition) is 3. The maximum atomic E-state index is 12.0. The van der Waals surface area contributed by atoms with E-state index in [1.54, 1.807) is 4.68 Å². The average Bonchev–Trinajstić information content (AvgIpc) is 2.68. The number of anilines is 1. The van der Waals surface area contributed by atoms with Crippen LogP contribution in [0.4, 0.5) is 5.69 Å². The summed E-state index contributed by atoms with van der Waals surface area (Å²) in [4.78, 5) is 12.0. The Labute approximate surface area is 118 Å². The molecule has 0 radical (unpaired) electrons. The molecule has 0 saturated carbocycles. The molecule has 5 nitrogen and oxygen atoms in total. The third-order valence-electron chi connectivity index (χ3n) is 3.36. The van der Waals surface area contributed by atoms with Gasteiger partial charge in [0, 0.05) is 19.5 Å². The molecule has 2 aromatic rings. The number of nitrogen functional groups attached to an aromatic ring is 1. The molecule has 0 aliphatic carbocycles. The number of nitrogens with zero attached hydrogens (tertiary/aromatic N) is 2. The summed E-state index contributed by atoms with van der Waals surface area (Å²) >= 11 is 0. The van der Waals surface area contributed by atoms with Gasteiger partial charge in [0.15, 0.2) is 0 Å². The van der Waals surface area contributed by atoms with Crippen molar-refractivity contribution in [3.63, 3.8) is 0 Å². The zero-order valence-electron chi connectivity index (χ0n) is 12.0. The van der Waals surface area contributed by atoms with Crippen molar-refractivity contribution in [2.24, 2.45) is 0 Å². The van der Waals surface area contributed by atoms with Gasteiger partial charge in [-0.2, -0.15) is 0 Å². The third kappa shape index (κ3) is 2.87. The summed E-state index contributed by atoms with van der Waals surface area (Å²) in [6.07, 6.45) is 0.762. The van der Waals surface area contributed by atoms with Crippen LogP contribution in [0.15, 0.2) is 35.1 Å². The maximum Gasteiger partial charge on any atom is 0.290 e. The summed E-state index contributed by atoms with van der Waals surface area (Å²) in [5, 5.41) is 0. The van der Waals surface area contributed by atoms with Crippen LogP contribution in [0.3, 0.4) is 0 Å². The van der Waals surface area contributed by atoms with Crippen LogP contribution in [0, 0.1) is 6.92 Å². The molecule has 2 rings (SSSR count). The first-order valence-corrected chi connectivity index (χ1v) is 6.88. The molecule has 108 valence electrons. The Morgan fingerprint density at radius 1 is 1.20 bits per heavy atom. The Morgan fingerprint density at radius 2 is 1.90 bits per heavy atom. The summed E-state index contributed by atoms with van der Waals surface area (Å²) in [7, 11) is 0. The lowest BCUT2D eigenvalue weighted by molar-refractivity contribution is 0.290. The minimum atomic E-state index is -0.107. The van der Waals surface area contributed by atoms with Gasteiger partial charge in [-0.25, -0.2) is 4.68 Å². The highest BCUT2D eigenvalue weighted by Crippen LogP contribution is 2.10. The highest BCUT2D eigenvalue weighted by atomic mass is 16.5. The van der Waals surface area contributed by atoms with Crippen LogP contribution in [-0.2, 0) is 13.1 Å². The lowest BCUT2D eigenvalue weighted by atomic mass is 10.3. The fourth-order valence-corrected chi connectivity index (χ4v) is 2.27. The summed E-state index contributed by atoms with van der Waals surface area (Å²) in [5.74, 6) is 0.849. The van der Waals surface area contributed by atoms with Crippen LogP contribution in [-0.4, -0.2) is 16.0 Å². The van der Waals surface area contributed by atoms with E-state index in [0.717, 1.165) is 24.4 Å². The normalized spacial score (nSPS) is 10.7. The van der Waals surface area contributed by atoms with E-state index in [1.165, 1.54) is 0 Å². The van der Waals surface area contributed by atoms with Gasteiger partial charge in [-0.15, -0.1) is 0 Å². The first kappa shape index (κ1) is 14.2. The van der Waals surface area contributed by atoms with Crippen molar-refractivity contribution in [1.82, 2.24) is 9.36 Å². The monoisotopic (exact) mass is 275 g/mol. The largest absolute Gasteiger partial charge is 0.494 e. The number of rotatable bonds is 6. The number of benzene rings is 1. The minimum absolute atomic E-state index is 0.107. The standard InChI is InChI=1S/C15H21N3O2/c1-3-17-12(2)14(16)15(19)18(17)10-7-11-20-13-8-5-4-6-9-13/h4-6,8-9H,3,7,10-11,16H2,1-2H3. The van der Waals surface area contributed by atoms with Gasteiger partial charge in [0.2, 0.25) is 0 Å². The molecule has 0 saturated heterocycles. The van der Waals surface area contributed by atoms with Crippen molar-refractivity contribution >= 4 is 5.69 Å². The molecular weight excluding hydrogens is 254 g/mol. The van der Waals surface area contributed by atoms with Crippen LogP contribution in [0.5, 0.6) is 5.75 Å². The molecule has 0 aliphatic rings. The van der Waals surface area contributed by atoms with Crippen molar-refractivity contribution in [2.45, 2.75) is 33.4 Å². The lowest BCUT2D eigenvalue weighted by Crippen LogP contribution is -2.24. The summed E-state index contributed by atoms with van der Waals surface area (Å²) in [6, 6.07) is 9.66. The maximum absolute atomic E-state index is 12.0. The Kier molecular flexibility index (Phi) is 4.50. The zero-order valence-corrected chi connectivity index (χ0v) is 12.0. The second-order valence-electron chi connectivity index (χ2n) is 4.66. The predicted octanol–water partition coefficient (Wildman–Crippen LogP) is 2.03. The molecule has 1 aromatic carbocycles. The molecule has 0 spiro atoms. The van der Waals surface area contributed by atoms with Crippen LogP contribution in [0.2, 0.25) is 0 Å². The first-order valence-electron chi connectivity index (χ1n) is 6.88. The smallest absolute Gasteiger partial charge is 0.290 e. The SMILES string of the molecule is CCn1c(C)c(N)c(=O)n1CCCOc1ccccc1. The molecule has 1 aromatic heterocycles. The van der Waals surface area contributed by atoms with Gasteiger partial charge >= 0.3 is 0 Å². The summed E-state index contributed by atoms with van der Waals surface area (Å²) in [6.45, 7) is 5.79. The van der Waals surface area contributed by atoms with E-state index in [2.05, 4.69) is 0 Å². The van der Waals surface area contributed by atoms with Crippen LogP contribution in [0.1, 0.15) is 19.0 Å². The van der Waals surface area contributed by atoms with Crippen molar-refractivity contribution in [3.05, 3.63) is 46.4 Å². The molecule has 0 amide bonds. The summed E-state index contributed by atoms with van der Waals surface area (Å²) < 4.78 is 9.23. The number of ether oxygens (including phenoxy) is 1. The fraction of sp³-hybridized carbons (Fsp3) is 0.400. The molecule has 0 bridgehead atoms. The van der Waals surface area contributed by atoms with Gasteiger partial charge in [0.1, 0.15) is 11.4 Å². The fourth-order valence-electron chi connectivity index (χ4n) is 2.27. The van der Waals surface area contributed by atoms with E-state index in [9.17, 15) is 4.79 Å². The van der Waals surface area contributed by atoms with E-state index in [-0.39, 0.29) is 5.56 Å². The quantitative estimate of drug-likeness (QED) is 0.820. The topological polar surface area (TPSA) is 62.2 Å². The van der Waals surface area contributed by atoms with Gasteiger partial charge in [-0.05, 0) is 26.0 Å². The summed E-state index contributed by atoms with van der Waals surface area (Å²) in [5.41, 5.74) is 6.86. The second kappa shape index (κ2) is 6.32. The lowest BCUT2D eigenvalue weighted by Gasteiger charge is -2.11. The van der Waals surface area contributed by atoms with Gasteiger partial charge in [0.05, 0.1) is 12.3 Å². The molecular formula is C15H21N3O2. The molecule has 0 unspecified atom stereocenters. The average molecular weight is 275 g/mol. The third-order valence-corrected chi connectivity index (χ3v) is 3.36. The van der Waals surface area contributed by atoms with Gasteiger partial charge in [-0.1, -0.05) is 18.2 Å². The van der Waals surface area contributed by atoms with Gasteiger partial charge in [-0.3, -0.25) is 9.48 Å². The second-order valence-corrected chi connectivity index (χ2v) is 4.66. The van der Waals surface area contributed by atoms with Crippen LogP contribution < -0.4 is 16.0 Å². The zero-order chi connectivity index (χ0) is 14.5. The predicted molar refractivity (Wildman–Crippen MR) is 80.1 cm³/mol. The molecule has 2 N–H and O–H groups in total. The first-order chi connectivity index (χ1) is 9.65. The van der Waals surface area contributed by atoms with E-state index < -0.39 is 0 Å². The van der Waals surface area contributed by atoms with Crippen molar-refractivity contribution in [1.29, 1.82) is 0 Å². The molecule has 0 atom stereocenters. The molecule has 1 heterocycles.